The Morgan fingerprint density at radius 1 is 1.10 bits per heavy atom. The third-order valence-corrected chi connectivity index (χ3v) is 6.89. The lowest BCUT2D eigenvalue weighted by molar-refractivity contribution is 0.0950. The van der Waals surface area contributed by atoms with Gasteiger partial charge in [0.2, 0.25) is 5.13 Å². The standard InChI is InChI=1S/C20H20F2N4O3S2/c1-12(2)19-24-25-20(30-19)26-31(28,29)15-6-3-13(4-7-15)9-10-23-18(27)16-8-5-14(21)11-17(16)22/h3-8,11-12H,9-10H2,1-2H3,(H,23,27)(H,25,26). The molecule has 2 aromatic carbocycles. The molecule has 3 aromatic rings. The van der Waals surface area contributed by atoms with E-state index in [0.717, 1.165) is 22.7 Å². The van der Waals surface area contributed by atoms with Crippen molar-refractivity contribution in [1.29, 1.82) is 0 Å². The van der Waals surface area contributed by atoms with Gasteiger partial charge in [0.25, 0.3) is 15.9 Å². The fourth-order valence-corrected chi connectivity index (χ4v) is 4.58. The van der Waals surface area contributed by atoms with Gasteiger partial charge in [-0.25, -0.2) is 17.2 Å². The van der Waals surface area contributed by atoms with E-state index in [4.69, 9.17) is 0 Å². The largest absolute Gasteiger partial charge is 0.352 e. The minimum Gasteiger partial charge on any atom is -0.352 e. The molecule has 1 heterocycles. The van der Waals surface area contributed by atoms with Gasteiger partial charge in [0.1, 0.15) is 16.6 Å². The number of carbonyl (C=O) groups excluding carboxylic acids is 1. The number of nitrogens with zero attached hydrogens (tertiary/aromatic N) is 2. The molecule has 31 heavy (non-hydrogen) atoms. The molecule has 11 heteroatoms. The first-order valence-electron chi connectivity index (χ1n) is 9.34. The Labute approximate surface area is 182 Å². The molecule has 0 aliphatic carbocycles. The molecule has 0 bridgehead atoms. The van der Waals surface area contributed by atoms with Crippen molar-refractivity contribution < 1.29 is 22.0 Å². The SMILES string of the molecule is CC(C)c1nnc(NS(=O)(=O)c2ccc(CCNC(=O)c3ccc(F)cc3F)cc2)s1. The summed E-state index contributed by atoms with van der Waals surface area (Å²) in [7, 11) is -3.80. The molecule has 0 saturated carbocycles. The molecule has 1 amide bonds. The van der Waals surface area contributed by atoms with Gasteiger partial charge in [-0.1, -0.05) is 37.3 Å². The van der Waals surface area contributed by atoms with Crippen LogP contribution in [0.5, 0.6) is 0 Å². The molecular formula is C20H20F2N4O3S2. The van der Waals surface area contributed by atoms with Crippen LogP contribution < -0.4 is 10.0 Å². The predicted molar refractivity (Wildman–Crippen MR) is 114 cm³/mol. The zero-order valence-corrected chi connectivity index (χ0v) is 18.4. The van der Waals surface area contributed by atoms with Crippen LogP contribution in [0.4, 0.5) is 13.9 Å². The second-order valence-electron chi connectivity index (χ2n) is 6.98. The van der Waals surface area contributed by atoms with Crippen molar-refractivity contribution in [2.45, 2.75) is 31.1 Å². The Morgan fingerprint density at radius 3 is 2.42 bits per heavy atom. The van der Waals surface area contributed by atoms with Crippen LogP contribution in [0.25, 0.3) is 0 Å². The van der Waals surface area contributed by atoms with E-state index in [-0.39, 0.29) is 28.1 Å². The monoisotopic (exact) mass is 466 g/mol. The Kier molecular flexibility index (Phi) is 6.96. The van der Waals surface area contributed by atoms with Gasteiger partial charge in [0, 0.05) is 18.5 Å². The summed E-state index contributed by atoms with van der Waals surface area (Å²) in [6.45, 7) is 4.08. The van der Waals surface area contributed by atoms with Gasteiger partial charge in [0.05, 0.1) is 10.5 Å². The predicted octanol–water partition coefficient (Wildman–Crippen LogP) is 3.71. The maximum Gasteiger partial charge on any atom is 0.263 e. The molecule has 0 atom stereocenters. The topological polar surface area (TPSA) is 101 Å². The molecule has 2 N–H and O–H groups in total. The minimum atomic E-state index is -3.80. The number of anilines is 1. The van der Waals surface area contributed by atoms with E-state index < -0.39 is 27.6 Å². The highest BCUT2D eigenvalue weighted by molar-refractivity contribution is 7.93. The van der Waals surface area contributed by atoms with Crippen molar-refractivity contribution in [3.05, 3.63) is 70.2 Å². The summed E-state index contributed by atoms with van der Waals surface area (Å²) >= 11 is 1.18. The first-order chi connectivity index (χ1) is 14.7. The molecule has 0 saturated heterocycles. The first kappa shape index (κ1) is 22.8. The second kappa shape index (κ2) is 9.48. The van der Waals surface area contributed by atoms with Gasteiger partial charge < -0.3 is 5.32 Å². The smallest absolute Gasteiger partial charge is 0.263 e. The van der Waals surface area contributed by atoms with Crippen LogP contribution in [0.15, 0.2) is 47.4 Å². The van der Waals surface area contributed by atoms with Gasteiger partial charge in [-0.2, -0.15) is 0 Å². The van der Waals surface area contributed by atoms with Crippen LogP contribution in [0.1, 0.15) is 40.7 Å². The highest BCUT2D eigenvalue weighted by Crippen LogP contribution is 2.24. The summed E-state index contributed by atoms with van der Waals surface area (Å²) in [5.41, 5.74) is 0.531. The van der Waals surface area contributed by atoms with Crippen LogP contribution >= 0.6 is 11.3 Å². The molecule has 0 unspecified atom stereocenters. The van der Waals surface area contributed by atoms with Gasteiger partial charge in [-0.3, -0.25) is 9.52 Å². The molecule has 0 fully saturated rings. The van der Waals surface area contributed by atoms with Gasteiger partial charge in [0.15, 0.2) is 0 Å². The van der Waals surface area contributed by atoms with Gasteiger partial charge in [-0.05, 0) is 36.2 Å². The van der Waals surface area contributed by atoms with E-state index in [1.165, 1.54) is 23.5 Å². The number of hydrogen-bond donors (Lipinski definition) is 2. The lowest BCUT2D eigenvalue weighted by atomic mass is 10.1. The zero-order valence-electron chi connectivity index (χ0n) is 16.7. The van der Waals surface area contributed by atoms with E-state index in [9.17, 15) is 22.0 Å². The molecule has 0 aliphatic rings. The van der Waals surface area contributed by atoms with E-state index in [2.05, 4.69) is 20.2 Å². The summed E-state index contributed by atoms with van der Waals surface area (Å²) in [5.74, 6) is -2.20. The third-order valence-electron chi connectivity index (χ3n) is 4.26. The quantitative estimate of drug-likeness (QED) is 0.527. The number of halogens is 2. The molecule has 3 rings (SSSR count). The average molecular weight is 467 g/mol. The molecule has 0 spiro atoms. The van der Waals surface area contributed by atoms with Crippen LogP contribution in [0.3, 0.4) is 0 Å². The Bertz CT molecular complexity index is 1180. The molecule has 0 aliphatic heterocycles. The minimum absolute atomic E-state index is 0.0648. The number of aromatic nitrogens is 2. The molecule has 0 radical (unpaired) electrons. The fraction of sp³-hybridized carbons (Fsp3) is 0.250. The average Bonchev–Trinajstić information content (AvgIpc) is 3.16. The van der Waals surface area contributed by atoms with Crippen molar-refractivity contribution in [2.75, 3.05) is 11.3 Å². The Balaban J connectivity index is 1.57. The number of sulfonamides is 1. The summed E-state index contributed by atoms with van der Waals surface area (Å²) in [4.78, 5) is 12.1. The summed E-state index contributed by atoms with van der Waals surface area (Å²) in [6.07, 6.45) is 0.399. The van der Waals surface area contributed by atoms with Crippen LogP contribution in [-0.2, 0) is 16.4 Å². The number of carbonyl (C=O) groups is 1. The number of rotatable bonds is 8. The third kappa shape index (κ3) is 5.82. The normalized spacial score (nSPS) is 11.5. The van der Waals surface area contributed by atoms with Gasteiger partial charge >= 0.3 is 0 Å². The van der Waals surface area contributed by atoms with Crippen LogP contribution in [0.2, 0.25) is 0 Å². The highest BCUT2D eigenvalue weighted by Gasteiger charge is 2.18. The van der Waals surface area contributed by atoms with Crippen molar-refractivity contribution in [2.24, 2.45) is 0 Å². The number of nitrogens with one attached hydrogen (secondary N) is 2. The number of amides is 1. The zero-order chi connectivity index (χ0) is 22.6. The molecule has 7 nitrogen and oxygen atoms in total. The number of benzene rings is 2. The lowest BCUT2D eigenvalue weighted by Gasteiger charge is -2.08. The summed E-state index contributed by atoms with van der Waals surface area (Å²) in [5, 5.41) is 11.3. The second-order valence-corrected chi connectivity index (χ2v) is 9.67. The van der Waals surface area contributed by atoms with Crippen molar-refractivity contribution in [3.63, 3.8) is 0 Å². The molecular weight excluding hydrogens is 446 g/mol. The summed E-state index contributed by atoms with van der Waals surface area (Å²) in [6, 6.07) is 8.88. The van der Waals surface area contributed by atoms with E-state index in [1.807, 2.05) is 13.8 Å². The first-order valence-corrected chi connectivity index (χ1v) is 11.6. The molecule has 1 aromatic heterocycles. The van der Waals surface area contributed by atoms with Crippen LogP contribution in [-0.4, -0.2) is 31.1 Å². The van der Waals surface area contributed by atoms with Crippen LogP contribution in [0, 0.1) is 11.6 Å². The fourth-order valence-electron chi connectivity index (χ4n) is 2.61. The Hall–Kier alpha value is -2.92. The van der Waals surface area contributed by atoms with Crippen molar-refractivity contribution >= 4 is 32.4 Å². The maximum atomic E-state index is 13.6. The van der Waals surface area contributed by atoms with Crippen molar-refractivity contribution in [3.8, 4) is 0 Å². The maximum absolute atomic E-state index is 13.6. The van der Waals surface area contributed by atoms with E-state index >= 15 is 0 Å². The van der Waals surface area contributed by atoms with E-state index in [1.54, 1.807) is 12.1 Å². The highest BCUT2D eigenvalue weighted by atomic mass is 32.2. The number of hydrogen-bond acceptors (Lipinski definition) is 6. The van der Waals surface area contributed by atoms with Gasteiger partial charge in [-0.15, -0.1) is 10.2 Å². The Morgan fingerprint density at radius 2 is 1.81 bits per heavy atom. The lowest BCUT2D eigenvalue weighted by Crippen LogP contribution is -2.26. The van der Waals surface area contributed by atoms with Crippen molar-refractivity contribution in [1.82, 2.24) is 15.5 Å². The van der Waals surface area contributed by atoms with E-state index in [0.29, 0.717) is 12.5 Å². The molecule has 164 valence electrons. The summed E-state index contributed by atoms with van der Waals surface area (Å²) < 4.78 is 54.0.